The number of nitrogens with zero attached hydrogens (tertiary/aromatic N) is 2. The predicted octanol–water partition coefficient (Wildman–Crippen LogP) is 3.37. The lowest BCUT2D eigenvalue weighted by Gasteiger charge is -2.57. The van der Waals surface area contributed by atoms with Crippen LogP contribution in [0.4, 0.5) is 0 Å². The standard InChI is InChI=1S/C29H37N3O4/c1-16-19-15-20-21-14-18-4-5-22(35-3)26-23(18)29(20,9-12-31(21)2)27(36-26)25(19)30-24(16)28(34)32-10-6-17(7-11-32)8-13-33/h4-5,17,20-21,27,30,33H,6-15H2,1-3H3/t20-,21-,27-,29?/m0/s1. The second kappa shape index (κ2) is 7.99. The summed E-state index contributed by atoms with van der Waals surface area (Å²) in [6, 6.07) is 4.79. The Morgan fingerprint density at radius 1 is 1.25 bits per heavy atom. The maximum atomic E-state index is 13.7. The maximum Gasteiger partial charge on any atom is 0.270 e. The van der Waals surface area contributed by atoms with Crippen LogP contribution >= 0.6 is 0 Å². The highest BCUT2D eigenvalue weighted by Crippen LogP contribution is 2.67. The third-order valence-corrected chi connectivity index (χ3v) is 10.3. The average Bonchev–Trinajstić information content (AvgIpc) is 3.41. The van der Waals surface area contributed by atoms with Crippen LogP contribution in [0.15, 0.2) is 12.1 Å². The summed E-state index contributed by atoms with van der Waals surface area (Å²) in [7, 11) is 4.00. The molecule has 2 bridgehead atoms. The first-order chi connectivity index (χ1) is 17.5. The monoisotopic (exact) mass is 491 g/mol. The number of carbonyl (C=O) groups excluding carboxylic acids is 1. The molecule has 0 radical (unpaired) electrons. The number of nitrogens with one attached hydrogen (secondary N) is 1. The number of carbonyl (C=O) groups is 1. The van der Waals surface area contributed by atoms with E-state index >= 15 is 0 Å². The van der Waals surface area contributed by atoms with E-state index in [0.29, 0.717) is 17.9 Å². The van der Waals surface area contributed by atoms with Gasteiger partial charge in [0.25, 0.3) is 5.91 Å². The summed E-state index contributed by atoms with van der Waals surface area (Å²) in [5.74, 6) is 2.83. The maximum absolute atomic E-state index is 13.7. The molecule has 7 heteroatoms. The lowest BCUT2D eigenvalue weighted by atomic mass is 9.51. The van der Waals surface area contributed by atoms with E-state index in [9.17, 15) is 9.90 Å². The molecule has 1 spiro atoms. The van der Waals surface area contributed by atoms with Gasteiger partial charge >= 0.3 is 0 Å². The molecule has 1 amide bonds. The van der Waals surface area contributed by atoms with Gasteiger partial charge in [-0.2, -0.15) is 0 Å². The molecule has 4 heterocycles. The molecular weight excluding hydrogens is 454 g/mol. The zero-order chi connectivity index (χ0) is 24.8. The Morgan fingerprint density at radius 3 is 2.81 bits per heavy atom. The third-order valence-electron chi connectivity index (χ3n) is 10.3. The van der Waals surface area contributed by atoms with Gasteiger partial charge in [-0.1, -0.05) is 6.07 Å². The molecule has 7 rings (SSSR count). The average molecular weight is 492 g/mol. The Kier molecular flexibility index (Phi) is 5.03. The van der Waals surface area contributed by atoms with Crippen molar-refractivity contribution >= 4 is 5.91 Å². The second-order valence-electron chi connectivity index (χ2n) is 11.7. The number of aromatic amines is 1. The van der Waals surface area contributed by atoms with E-state index in [1.807, 2.05) is 4.90 Å². The van der Waals surface area contributed by atoms with E-state index in [4.69, 9.17) is 9.47 Å². The molecule has 2 aliphatic carbocycles. The molecule has 2 fully saturated rings. The normalized spacial score (nSPS) is 30.6. The van der Waals surface area contributed by atoms with Crippen molar-refractivity contribution in [3.05, 3.63) is 45.8 Å². The Labute approximate surface area is 212 Å². The van der Waals surface area contributed by atoms with Crippen LogP contribution in [0.5, 0.6) is 11.5 Å². The summed E-state index contributed by atoms with van der Waals surface area (Å²) >= 11 is 0. The number of hydrogen-bond acceptors (Lipinski definition) is 5. The number of hydrogen-bond donors (Lipinski definition) is 2. The number of aliphatic hydroxyl groups excluding tert-OH is 1. The Balaban J connectivity index is 1.30. The van der Waals surface area contributed by atoms with Gasteiger partial charge in [-0.3, -0.25) is 4.79 Å². The fourth-order valence-corrected chi connectivity index (χ4v) is 8.42. The number of likely N-dealkylation sites (tertiary alicyclic amines) is 2. The predicted molar refractivity (Wildman–Crippen MR) is 136 cm³/mol. The van der Waals surface area contributed by atoms with E-state index < -0.39 is 0 Å². The minimum atomic E-state index is -0.108. The summed E-state index contributed by atoms with van der Waals surface area (Å²) < 4.78 is 12.6. The zero-order valence-electron chi connectivity index (χ0n) is 21.6. The molecule has 1 aromatic heterocycles. The Hall–Kier alpha value is -2.51. The van der Waals surface area contributed by atoms with Crippen molar-refractivity contribution in [2.75, 3.05) is 40.4 Å². The van der Waals surface area contributed by atoms with Crippen molar-refractivity contribution in [2.24, 2.45) is 11.8 Å². The smallest absolute Gasteiger partial charge is 0.270 e. The highest BCUT2D eigenvalue weighted by Gasteiger charge is 2.65. The minimum absolute atomic E-state index is 0.0676. The molecule has 36 heavy (non-hydrogen) atoms. The zero-order valence-corrected chi connectivity index (χ0v) is 21.6. The van der Waals surface area contributed by atoms with Gasteiger partial charge < -0.3 is 29.4 Å². The molecule has 3 aliphatic heterocycles. The molecule has 1 aromatic carbocycles. The van der Waals surface area contributed by atoms with Gasteiger partial charge in [-0.05, 0) is 93.6 Å². The molecule has 1 unspecified atom stereocenters. The van der Waals surface area contributed by atoms with Crippen LogP contribution in [-0.2, 0) is 18.3 Å². The molecule has 192 valence electrons. The number of fused-ring (bicyclic) bond motifs is 2. The van der Waals surface area contributed by atoms with Gasteiger partial charge in [0.1, 0.15) is 11.8 Å². The first kappa shape index (κ1) is 22.7. The number of likely N-dealkylation sites (N-methyl/N-ethyl adjacent to an activating group) is 1. The summed E-state index contributed by atoms with van der Waals surface area (Å²) in [4.78, 5) is 21.9. The van der Waals surface area contributed by atoms with Crippen LogP contribution in [-0.4, -0.2) is 72.2 Å². The first-order valence-electron chi connectivity index (χ1n) is 13.7. The number of amides is 1. The topological polar surface area (TPSA) is 78.0 Å². The number of rotatable bonds is 4. The van der Waals surface area contributed by atoms with E-state index in [-0.39, 0.29) is 24.0 Å². The van der Waals surface area contributed by atoms with Crippen LogP contribution in [0.1, 0.15) is 70.2 Å². The number of aromatic nitrogens is 1. The summed E-state index contributed by atoms with van der Waals surface area (Å²) in [6.07, 6.45) is 5.74. The molecule has 5 aliphatic rings. The molecule has 7 nitrogen and oxygen atoms in total. The lowest BCUT2D eigenvalue weighted by molar-refractivity contribution is -0.0256. The van der Waals surface area contributed by atoms with Crippen molar-refractivity contribution in [3.63, 3.8) is 0 Å². The van der Waals surface area contributed by atoms with Crippen LogP contribution in [0, 0.1) is 18.8 Å². The fourth-order valence-electron chi connectivity index (χ4n) is 8.42. The Bertz CT molecular complexity index is 1230. The van der Waals surface area contributed by atoms with Crippen molar-refractivity contribution in [2.45, 2.75) is 63.0 Å². The number of ether oxygens (including phenoxy) is 2. The Morgan fingerprint density at radius 2 is 2.06 bits per heavy atom. The van der Waals surface area contributed by atoms with Gasteiger partial charge in [-0.15, -0.1) is 0 Å². The van der Waals surface area contributed by atoms with Crippen LogP contribution in [0.3, 0.4) is 0 Å². The van der Waals surface area contributed by atoms with Crippen LogP contribution < -0.4 is 9.47 Å². The highest BCUT2D eigenvalue weighted by molar-refractivity contribution is 5.94. The number of piperidine rings is 2. The van der Waals surface area contributed by atoms with Gasteiger partial charge in [0, 0.05) is 36.7 Å². The summed E-state index contributed by atoms with van der Waals surface area (Å²) in [5, 5.41) is 9.29. The second-order valence-corrected chi connectivity index (χ2v) is 11.7. The largest absolute Gasteiger partial charge is 0.493 e. The number of methoxy groups -OCH3 is 1. The SMILES string of the molecule is COc1ccc2c3c1O[C@H]1c4[nH]c(C(=O)N5CCC(CCO)CC5)c(C)c4C[C@H]4[C@H](C2)N(C)CCC314. The third kappa shape index (κ3) is 2.84. The van der Waals surface area contributed by atoms with E-state index in [2.05, 4.69) is 36.0 Å². The number of H-pyrrole nitrogens is 1. The van der Waals surface area contributed by atoms with Gasteiger partial charge in [0.2, 0.25) is 0 Å². The van der Waals surface area contributed by atoms with Crippen molar-refractivity contribution < 1.29 is 19.4 Å². The molecule has 4 atom stereocenters. The van der Waals surface area contributed by atoms with Crippen LogP contribution in [0.2, 0.25) is 0 Å². The summed E-state index contributed by atoms with van der Waals surface area (Å²) in [5.41, 5.74) is 6.94. The molecule has 2 N–H and O–H groups in total. The molecular formula is C29H37N3O4. The van der Waals surface area contributed by atoms with Gasteiger partial charge in [0.05, 0.1) is 12.8 Å². The molecule has 2 saturated heterocycles. The van der Waals surface area contributed by atoms with Crippen molar-refractivity contribution in [3.8, 4) is 11.5 Å². The quantitative estimate of drug-likeness (QED) is 0.686. The van der Waals surface area contributed by atoms with E-state index in [1.54, 1.807) is 7.11 Å². The fraction of sp³-hybridized carbons (Fsp3) is 0.621. The molecule has 0 saturated carbocycles. The van der Waals surface area contributed by atoms with Crippen LogP contribution in [0.25, 0.3) is 0 Å². The number of aliphatic hydroxyl groups is 1. The van der Waals surface area contributed by atoms with Crippen molar-refractivity contribution in [1.82, 2.24) is 14.8 Å². The number of benzene rings is 1. The highest BCUT2D eigenvalue weighted by atomic mass is 16.5. The van der Waals surface area contributed by atoms with Gasteiger partial charge in [0.15, 0.2) is 11.5 Å². The minimum Gasteiger partial charge on any atom is -0.493 e. The first-order valence-corrected chi connectivity index (χ1v) is 13.7. The van der Waals surface area contributed by atoms with Crippen molar-refractivity contribution in [1.29, 1.82) is 0 Å². The van der Waals surface area contributed by atoms with Gasteiger partial charge in [-0.25, -0.2) is 0 Å². The van der Waals surface area contributed by atoms with E-state index in [0.717, 1.165) is 86.6 Å². The lowest BCUT2D eigenvalue weighted by Crippen LogP contribution is -2.62. The molecule has 2 aromatic rings. The van der Waals surface area contributed by atoms with E-state index in [1.165, 1.54) is 16.7 Å². The summed E-state index contributed by atoms with van der Waals surface area (Å²) in [6.45, 7) is 4.93.